The number of aliphatic hydroxyl groups excluding tert-OH is 1. The van der Waals surface area contributed by atoms with Gasteiger partial charge >= 0.3 is 0 Å². The molecule has 0 bridgehead atoms. The lowest BCUT2D eigenvalue weighted by Gasteiger charge is -2.11. The fraction of sp³-hybridized carbons (Fsp3) is 1.00. The Morgan fingerprint density at radius 2 is 0.750 bits per heavy atom. The number of halogens is 1. The lowest BCUT2D eigenvalue weighted by molar-refractivity contribution is 0.282. The van der Waals surface area contributed by atoms with Gasteiger partial charge in [0.2, 0.25) is 0 Å². The molecule has 0 spiro atoms. The summed E-state index contributed by atoms with van der Waals surface area (Å²) in [5, 5.41) is 8.72. The maximum Gasteiger partial charge on any atom is 0.150 e. The molecule has 146 valence electrons. The zero-order chi connectivity index (χ0) is 17.9. The van der Waals surface area contributed by atoms with Crippen LogP contribution in [0.4, 0.5) is 0 Å². The van der Waals surface area contributed by atoms with Crippen molar-refractivity contribution in [2.24, 2.45) is 0 Å². The van der Waals surface area contributed by atoms with E-state index in [1.807, 2.05) is 0 Å². The quantitative estimate of drug-likeness (QED) is 0.137. The highest BCUT2D eigenvalue weighted by molar-refractivity contribution is 7.19. The third-order valence-corrected chi connectivity index (χ3v) is 7.04. The van der Waals surface area contributed by atoms with Gasteiger partial charge in [-0.3, -0.25) is 0 Å². The number of rotatable bonds is 19. The van der Waals surface area contributed by atoms with E-state index in [0.29, 0.717) is 6.61 Å². The monoisotopic (exact) mass is 376 g/mol. The summed E-state index contributed by atoms with van der Waals surface area (Å²) in [5.41, 5.74) is 0. The summed E-state index contributed by atoms with van der Waals surface area (Å²) < 4.78 is 0. The van der Waals surface area contributed by atoms with Gasteiger partial charge in [-0.25, -0.2) is 0 Å². The van der Waals surface area contributed by atoms with Crippen molar-refractivity contribution in [1.29, 1.82) is 0 Å². The lowest BCUT2D eigenvalue weighted by Crippen LogP contribution is -2.14. The average Bonchev–Trinajstić information content (AvgIpc) is 2.52. The van der Waals surface area contributed by atoms with Gasteiger partial charge in [0.05, 0.1) is 0 Å². The third kappa shape index (κ3) is 22.5. The zero-order valence-electron chi connectivity index (χ0n) is 16.8. The molecule has 0 unspecified atom stereocenters. The van der Waals surface area contributed by atoms with Crippen LogP contribution in [0.5, 0.6) is 0 Å². The van der Waals surface area contributed by atoms with Crippen LogP contribution in [0.25, 0.3) is 0 Å². The van der Waals surface area contributed by atoms with E-state index in [0.717, 1.165) is 6.42 Å². The van der Waals surface area contributed by atoms with Crippen molar-refractivity contribution in [3.63, 3.8) is 0 Å². The van der Waals surface area contributed by atoms with Gasteiger partial charge in [-0.15, -0.1) is 0 Å². The van der Waals surface area contributed by atoms with Gasteiger partial charge < -0.3 is 5.11 Å². The van der Waals surface area contributed by atoms with Gasteiger partial charge in [-0.05, 0) is 12.5 Å². The predicted molar refractivity (Wildman–Crippen MR) is 114 cm³/mol. The molecule has 0 heterocycles. The molecule has 0 rings (SSSR count). The molecule has 0 aromatic rings. The van der Waals surface area contributed by atoms with Gasteiger partial charge in [0.25, 0.3) is 0 Å². The fourth-order valence-electron chi connectivity index (χ4n) is 3.31. The Kier molecular flexibility index (Phi) is 18.6. The molecule has 0 aliphatic rings. The van der Waals surface area contributed by atoms with Gasteiger partial charge in [0, 0.05) is 6.61 Å². The summed E-state index contributed by atoms with van der Waals surface area (Å²) in [5.74, 6) is 0. The second-order valence-electron chi connectivity index (χ2n) is 8.20. The third-order valence-electron chi connectivity index (χ3n) is 4.93. The second-order valence-corrected chi connectivity index (χ2v) is 15.2. The van der Waals surface area contributed by atoms with E-state index in [2.05, 4.69) is 13.1 Å². The molecular formula is C21H45ClOSi. The molecule has 0 radical (unpaired) electrons. The lowest BCUT2D eigenvalue weighted by atomic mass is 10.0. The average molecular weight is 377 g/mol. The number of hydrogen-bond acceptors (Lipinski definition) is 1. The largest absolute Gasteiger partial charge is 0.396 e. The standard InChI is InChI=1S/C21H45ClOSi/c1-24(2,22)21-19-17-15-13-11-9-7-5-3-4-6-8-10-12-14-16-18-20-23/h23H,3-21H2,1-2H3. The summed E-state index contributed by atoms with van der Waals surface area (Å²) in [6.07, 6.45) is 23.4. The second kappa shape index (κ2) is 18.3. The van der Waals surface area contributed by atoms with Crippen molar-refractivity contribution < 1.29 is 5.11 Å². The molecule has 0 aliphatic heterocycles. The van der Waals surface area contributed by atoms with Crippen LogP contribution >= 0.6 is 11.1 Å². The summed E-state index contributed by atoms with van der Waals surface area (Å²) in [4.78, 5) is 0. The van der Waals surface area contributed by atoms with E-state index in [1.165, 1.54) is 109 Å². The first kappa shape index (κ1) is 24.5. The molecule has 0 aliphatic carbocycles. The fourth-order valence-corrected chi connectivity index (χ4v) is 4.80. The van der Waals surface area contributed by atoms with Crippen molar-refractivity contribution in [2.45, 2.75) is 128 Å². The van der Waals surface area contributed by atoms with Crippen LogP contribution in [-0.4, -0.2) is 19.1 Å². The van der Waals surface area contributed by atoms with E-state index in [9.17, 15) is 0 Å². The molecule has 0 saturated carbocycles. The smallest absolute Gasteiger partial charge is 0.150 e. The van der Waals surface area contributed by atoms with Crippen molar-refractivity contribution in [1.82, 2.24) is 0 Å². The summed E-state index contributed by atoms with van der Waals surface area (Å²) >= 11 is 6.34. The number of hydrogen-bond donors (Lipinski definition) is 1. The minimum Gasteiger partial charge on any atom is -0.396 e. The van der Waals surface area contributed by atoms with Crippen molar-refractivity contribution in [3.8, 4) is 0 Å². The predicted octanol–water partition coefficient (Wildman–Crippen LogP) is 8.05. The minimum absolute atomic E-state index is 0.369. The van der Waals surface area contributed by atoms with Crippen LogP contribution in [0.15, 0.2) is 0 Å². The van der Waals surface area contributed by atoms with Crippen molar-refractivity contribution >= 4 is 18.5 Å². The zero-order valence-corrected chi connectivity index (χ0v) is 18.5. The van der Waals surface area contributed by atoms with E-state index in [4.69, 9.17) is 16.2 Å². The Balaban J connectivity index is 3.00. The summed E-state index contributed by atoms with van der Waals surface area (Å²) in [7, 11) is -1.30. The van der Waals surface area contributed by atoms with E-state index in [1.54, 1.807) is 0 Å². The molecule has 0 saturated heterocycles. The van der Waals surface area contributed by atoms with Crippen LogP contribution in [0.1, 0.15) is 109 Å². The normalized spacial score (nSPS) is 12.0. The summed E-state index contributed by atoms with van der Waals surface area (Å²) in [6, 6.07) is 1.29. The molecule has 24 heavy (non-hydrogen) atoms. The Labute approximate surface area is 158 Å². The number of unbranched alkanes of at least 4 members (excludes halogenated alkanes) is 16. The first-order valence-electron chi connectivity index (χ1n) is 10.9. The van der Waals surface area contributed by atoms with Gasteiger partial charge in [-0.1, -0.05) is 116 Å². The van der Waals surface area contributed by atoms with Gasteiger partial charge in [0.15, 0.2) is 0 Å². The van der Waals surface area contributed by atoms with Crippen LogP contribution in [-0.2, 0) is 0 Å². The highest BCUT2D eigenvalue weighted by Crippen LogP contribution is 2.19. The Morgan fingerprint density at radius 3 is 1.00 bits per heavy atom. The van der Waals surface area contributed by atoms with E-state index >= 15 is 0 Å². The first-order valence-corrected chi connectivity index (χ1v) is 15.1. The molecule has 0 atom stereocenters. The van der Waals surface area contributed by atoms with Gasteiger partial charge in [0.1, 0.15) is 7.38 Å². The Bertz CT molecular complexity index is 240. The van der Waals surface area contributed by atoms with Crippen LogP contribution in [0.2, 0.25) is 19.1 Å². The number of aliphatic hydroxyl groups is 1. The molecule has 0 amide bonds. The minimum atomic E-state index is -1.30. The van der Waals surface area contributed by atoms with Crippen LogP contribution in [0.3, 0.4) is 0 Å². The van der Waals surface area contributed by atoms with Crippen LogP contribution in [0, 0.1) is 0 Å². The SMILES string of the molecule is C[Si](C)(Cl)CCCCCCCCCCCCCCCCCCCO. The molecule has 0 fully saturated rings. The highest BCUT2D eigenvalue weighted by Gasteiger charge is 2.15. The topological polar surface area (TPSA) is 20.2 Å². The van der Waals surface area contributed by atoms with Crippen LogP contribution < -0.4 is 0 Å². The van der Waals surface area contributed by atoms with Crippen molar-refractivity contribution in [3.05, 3.63) is 0 Å². The Hall–Kier alpha value is 0.467. The van der Waals surface area contributed by atoms with Gasteiger partial charge in [-0.2, -0.15) is 11.1 Å². The summed E-state index contributed by atoms with van der Waals surface area (Å²) in [6.45, 7) is 4.88. The first-order chi connectivity index (χ1) is 11.6. The van der Waals surface area contributed by atoms with Crippen molar-refractivity contribution in [2.75, 3.05) is 6.61 Å². The maximum atomic E-state index is 8.72. The molecular weight excluding hydrogens is 332 g/mol. The molecule has 0 aromatic heterocycles. The molecule has 1 nitrogen and oxygen atoms in total. The molecule has 0 aromatic carbocycles. The maximum absolute atomic E-state index is 8.72. The highest BCUT2D eigenvalue weighted by atomic mass is 35.6. The molecule has 1 N–H and O–H groups in total. The molecule has 3 heteroatoms. The van der Waals surface area contributed by atoms with E-state index < -0.39 is 7.38 Å². The van der Waals surface area contributed by atoms with E-state index in [-0.39, 0.29) is 0 Å². The Morgan fingerprint density at radius 1 is 0.500 bits per heavy atom.